The molecule has 0 amide bonds. The van der Waals surface area contributed by atoms with Crippen molar-refractivity contribution in [3.63, 3.8) is 0 Å². The Morgan fingerprint density at radius 3 is 2.94 bits per heavy atom. The van der Waals surface area contributed by atoms with Crippen molar-refractivity contribution in [3.05, 3.63) is 41.7 Å². The zero-order valence-corrected chi connectivity index (χ0v) is 9.64. The van der Waals surface area contributed by atoms with Crippen LogP contribution in [0.25, 0.3) is 0 Å². The minimum atomic E-state index is -0.103. The van der Waals surface area contributed by atoms with Gasteiger partial charge >= 0.3 is 0 Å². The standard InChI is InChI=1S/C12H12N2O3/c1-8-3-4-17-12(8)10(15)5-9-6-11(16-2)14-7-13-9/h3-4,6-7H,5H2,1-2H3. The molecule has 0 saturated heterocycles. The van der Waals surface area contributed by atoms with Crippen LogP contribution in [-0.4, -0.2) is 22.9 Å². The van der Waals surface area contributed by atoms with Crippen molar-refractivity contribution in [1.82, 2.24) is 9.97 Å². The van der Waals surface area contributed by atoms with Gasteiger partial charge < -0.3 is 9.15 Å². The predicted octanol–water partition coefficient (Wildman–Crippen LogP) is 1.81. The summed E-state index contributed by atoms with van der Waals surface area (Å²) in [5, 5.41) is 0. The van der Waals surface area contributed by atoms with Gasteiger partial charge in [0.15, 0.2) is 5.76 Å². The minimum absolute atomic E-state index is 0.103. The molecule has 0 unspecified atom stereocenters. The van der Waals surface area contributed by atoms with Gasteiger partial charge in [-0.1, -0.05) is 0 Å². The Morgan fingerprint density at radius 2 is 2.29 bits per heavy atom. The lowest BCUT2D eigenvalue weighted by Gasteiger charge is -2.01. The van der Waals surface area contributed by atoms with E-state index < -0.39 is 0 Å². The SMILES string of the molecule is COc1cc(CC(=O)c2occc2C)ncn1. The van der Waals surface area contributed by atoms with Gasteiger partial charge in [-0.25, -0.2) is 9.97 Å². The summed E-state index contributed by atoms with van der Waals surface area (Å²) in [4.78, 5) is 19.8. The third-order valence-electron chi connectivity index (χ3n) is 2.36. The van der Waals surface area contributed by atoms with Crippen LogP contribution >= 0.6 is 0 Å². The molecule has 0 aromatic carbocycles. The van der Waals surface area contributed by atoms with E-state index in [1.807, 2.05) is 6.92 Å². The van der Waals surface area contributed by atoms with Gasteiger partial charge in [-0.15, -0.1) is 0 Å². The zero-order valence-electron chi connectivity index (χ0n) is 9.64. The van der Waals surface area contributed by atoms with Crippen molar-refractivity contribution < 1.29 is 13.9 Å². The van der Waals surface area contributed by atoms with E-state index in [0.717, 1.165) is 5.56 Å². The summed E-state index contributed by atoms with van der Waals surface area (Å²) in [6.07, 6.45) is 3.05. The number of ether oxygens (including phenoxy) is 1. The van der Waals surface area contributed by atoms with E-state index >= 15 is 0 Å². The molecule has 0 saturated carbocycles. The van der Waals surface area contributed by atoms with Gasteiger partial charge in [0.25, 0.3) is 0 Å². The zero-order chi connectivity index (χ0) is 12.3. The molecule has 0 bridgehead atoms. The van der Waals surface area contributed by atoms with E-state index in [4.69, 9.17) is 9.15 Å². The number of ketones is 1. The molecule has 0 radical (unpaired) electrons. The van der Waals surface area contributed by atoms with Crippen LogP contribution in [0, 0.1) is 6.92 Å². The van der Waals surface area contributed by atoms with Crippen molar-refractivity contribution in [3.8, 4) is 5.88 Å². The van der Waals surface area contributed by atoms with Gasteiger partial charge in [-0.05, 0) is 18.6 Å². The van der Waals surface area contributed by atoms with Crippen LogP contribution in [0.5, 0.6) is 5.88 Å². The maximum Gasteiger partial charge on any atom is 0.216 e. The fraction of sp³-hybridized carbons (Fsp3) is 0.250. The number of nitrogens with zero attached hydrogens (tertiary/aromatic N) is 2. The highest BCUT2D eigenvalue weighted by molar-refractivity contribution is 5.95. The molecule has 2 aromatic rings. The molecule has 0 fully saturated rings. The number of hydrogen-bond donors (Lipinski definition) is 0. The Hall–Kier alpha value is -2.17. The van der Waals surface area contributed by atoms with Crippen LogP contribution in [0.3, 0.4) is 0 Å². The summed E-state index contributed by atoms with van der Waals surface area (Å²) in [5.74, 6) is 0.717. The third-order valence-corrected chi connectivity index (χ3v) is 2.36. The number of furan rings is 1. The van der Waals surface area contributed by atoms with E-state index in [1.54, 1.807) is 12.1 Å². The molecule has 2 aromatic heterocycles. The minimum Gasteiger partial charge on any atom is -0.481 e. The molecule has 2 heterocycles. The molecule has 5 heteroatoms. The maximum atomic E-state index is 11.9. The Morgan fingerprint density at radius 1 is 1.47 bits per heavy atom. The van der Waals surface area contributed by atoms with Gasteiger partial charge in [0, 0.05) is 6.07 Å². The molecule has 17 heavy (non-hydrogen) atoms. The van der Waals surface area contributed by atoms with E-state index in [0.29, 0.717) is 17.3 Å². The molecule has 88 valence electrons. The predicted molar refractivity (Wildman–Crippen MR) is 60.1 cm³/mol. The molecule has 2 rings (SSSR count). The number of aromatic nitrogens is 2. The largest absolute Gasteiger partial charge is 0.481 e. The van der Waals surface area contributed by atoms with E-state index in [9.17, 15) is 4.79 Å². The Bertz CT molecular complexity index is 534. The van der Waals surface area contributed by atoms with Gasteiger partial charge in [0.05, 0.1) is 25.5 Å². The quantitative estimate of drug-likeness (QED) is 0.752. The number of rotatable bonds is 4. The van der Waals surface area contributed by atoms with Crippen LogP contribution in [0.1, 0.15) is 21.8 Å². The second-order valence-corrected chi connectivity index (χ2v) is 3.58. The smallest absolute Gasteiger partial charge is 0.216 e. The van der Waals surface area contributed by atoms with Crippen molar-refractivity contribution in [2.24, 2.45) is 0 Å². The average molecular weight is 232 g/mol. The fourth-order valence-corrected chi connectivity index (χ4v) is 1.49. The average Bonchev–Trinajstić information content (AvgIpc) is 2.76. The van der Waals surface area contributed by atoms with Gasteiger partial charge in [0.2, 0.25) is 11.7 Å². The number of hydrogen-bond acceptors (Lipinski definition) is 5. The first-order chi connectivity index (χ1) is 8.20. The second kappa shape index (κ2) is 4.78. The lowest BCUT2D eigenvalue weighted by Crippen LogP contribution is -2.06. The highest BCUT2D eigenvalue weighted by Gasteiger charge is 2.14. The lowest BCUT2D eigenvalue weighted by molar-refractivity contribution is 0.0964. The van der Waals surface area contributed by atoms with Gasteiger partial charge in [0.1, 0.15) is 6.33 Å². The molecule has 0 spiro atoms. The molecular weight excluding hydrogens is 220 g/mol. The van der Waals surface area contributed by atoms with Crippen LogP contribution in [-0.2, 0) is 6.42 Å². The molecular formula is C12H12N2O3. The topological polar surface area (TPSA) is 65.2 Å². The van der Waals surface area contributed by atoms with E-state index in [2.05, 4.69) is 9.97 Å². The van der Waals surface area contributed by atoms with E-state index in [1.165, 1.54) is 19.7 Å². The van der Waals surface area contributed by atoms with Gasteiger partial charge in [-0.3, -0.25) is 4.79 Å². The number of methoxy groups -OCH3 is 1. The molecule has 0 N–H and O–H groups in total. The van der Waals surface area contributed by atoms with Crippen molar-refractivity contribution >= 4 is 5.78 Å². The first kappa shape index (κ1) is 11.3. The van der Waals surface area contributed by atoms with Crippen LogP contribution < -0.4 is 4.74 Å². The lowest BCUT2D eigenvalue weighted by atomic mass is 10.1. The van der Waals surface area contributed by atoms with Gasteiger partial charge in [-0.2, -0.15) is 0 Å². The number of carbonyl (C=O) groups is 1. The third kappa shape index (κ3) is 2.50. The summed E-state index contributed by atoms with van der Waals surface area (Å²) < 4.78 is 10.1. The molecule has 0 aliphatic heterocycles. The normalized spacial score (nSPS) is 10.2. The first-order valence-corrected chi connectivity index (χ1v) is 5.13. The van der Waals surface area contributed by atoms with E-state index in [-0.39, 0.29) is 12.2 Å². The highest BCUT2D eigenvalue weighted by atomic mass is 16.5. The second-order valence-electron chi connectivity index (χ2n) is 3.58. The summed E-state index contributed by atoms with van der Waals surface area (Å²) >= 11 is 0. The number of Topliss-reactive ketones (excluding diaryl/α,β-unsaturated/α-hetero) is 1. The van der Waals surface area contributed by atoms with Crippen molar-refractivity contribution in [1.29, 1.82) is 0 Å². The monoisotopic (exact) mass is 232 g/mol. The molecule has 0 aliphatic carbocycles. The van der Waals surface area contributed by atoms with Crippen LogP contribution in [0.2, 0.25) is 0 Å². The number of carbonyl (C=O) groups excluding carboxylic acids is 1. The summed E-state index contributed by atoms with van der Waals surface area (Å²) in [7, 11) is 1.52. The highest BCUT2D eigenvalue weighted by Crippen LogP contribution is 2.13. The molecule has 5 nitrogen and oxygen atoms in total. The summed E-state index contributed by atoms with van der Waals surface area (Å²) in [5.41, 5.74) is 1.44. The summed E-state index contributed by atoms with van der Waals surface area (Å²) in [6.45, 7) is 1.83. The Labute approximate surface area is 98.5 Å². The Balaban J connectivity index is 2.16. The molecule has 0 aliphatic rings. The van der Waals surface area contributed by atoms with Crippen LogP contribution in [0.4, 0.5) is 0 Å². The maximum absolute atomic E-state index is 11.9. The Kier molecular flexibility index (Phi) is 3.18. The molecule has 0 atom stereocenters. The van der Waals surface area contributed by atoms with Crippen molar-refractivity contribution in [2.75, 3.05) is 7.11 Å². The first-order valence-electron chi connectivity index (χ1n) is 5.13. The van der Waals surface area contributed by atoms with Crippen molar-refractivity contribution in [2.45, 2.75) is 13.3 Å². The fourth-order valence-electron chi connectivity index (χ4n) is 1.49. The summed E-state index contributed by atoms with van der Waals surface area (Å²) in [6, 6.07) is 3.39. The van der Waals surface area contributed by atoms with Crippen LogP contribution in [0.15, 0.2) is 29.1 Å². The number of aryl methyl sites for hydroxylation is 1.